The summed E-state index contributed by atoms with van der Waals surface area (Å²) in [5.74, 6) is 1.16. The van der Waals surface area contributed by atoms with Crippen molar-refractivity contribution in [2.24, 2.45) is 0 Å². The number of rotatable bonds is 5. The molecule has 3 rings (SSSR count). The summed E-state index contributed by atoms with van der Waals surface area (Å²) < 4.78 is 38.4. The van der Waals surface area contributed by atoms with Crippen LogP contribution in [-0.4, -0.2) is 25.7 Å². The van der Waals surface area contributed by atoms with E-state index < -0.39 is 10.0 Å². The van der Waals surface area contributed by atoms with Gasteiger partial charge in [0.15, 0.2) is 0 Å². The van der Waals surface area contributed by atoms with Crippen LogP contribution < -0.4 is 9.46 Å². The van der Waals surface area contributed by atoms with Crippen LogP contribution >= 0.6 is 11.3 Å². The van der Waals surface area contributed by atoms with Crippen molar-refractivity contribution >= 4 is 27.0 Å². The van der Waals surface area contributed by atoms with Crippen LogP contribution in [-0.2, 0) is 10.0 Å². The lowest BCUT2D eigenvalue weighted by Gasteiger charge is -2.11. The highest BCUT2D eigenvalue weighted by atomic mass is 32.2. The minimum atomic E-state index is -3.74. The molecule has 0 spiro atoms. The maximum atomic E-state index is 12.6. The predicted molar refractivity (Wildman–Crippen MR) is 90.9 cm³/mol. The number of aromatic nitrogens is 2. The maximum Gasteiger partial charge on any atom is 0.271 e. The molecule has 0 bridgehead atoms. The van der Waals surface area contributed by atoms with E-state index in [1.54, 1.807) is 24.4 Å². The van der Waals surface area contributed by atoms with Gasteiger partial charge in [0, 0.05) is 12.3 Å². The number of thiophene rings is 1. The monoisotopic (exact) mass is 365 g/mol. The summed E-state index contributed by atoms with van der Waals surface area (Å²) in [6.07, 6.45) is 0. The number of aryl methyl sites for hydroxylation is 2. The standard InChI is InChI=1S/C15H15N3O4S2/c1-9-4-5-13(21-3)12(6-9)18-24(19,20)14-7-11(8-23-14)15-17-16-10(2)22-15/h4-8,18H,1-3H3. The Kier molecular flexibility index (Phi) is 4.29. The molecule has 0 unspecified atom stereocenters. The highest BCUT2D eigenvalue weighted by Crippen LogP contribution is 2.32. The molecular weight excluding hydrogens is 350 g/mol. The Morgan fingerprint density at radius 3 is 2.67 bits per heavy atom. The fourth-order valence-electron chi connectivity index (χ4n) is 2.08. The van der Waals surface area contributed by atoms with Gasteiger partial charge in [0.1, 0.15) is 9.96 Å². The average molecular weight is 365 g/mol. The second kappa shape index (κ2) is 6.25. The number of sulfonamides is 1. The molecule has 0 saturated heterocycles. The zero-order chi connectivity index (χ0) is 17.3. The van der Waals surface area contributed by atoms with Gasteiger partial charge in [-0.2, -0.15) is 0 Å². The van der Waals surface area contributed by atoms with Gasteiger partial charge in [0.05, 0.1) is 18.4 Å². The lowest BCUT2D eigenvalue weighted by Crippen LogP contribution is -2.12. The van der Waals surface area contributed by atoms with Gasteiger partial charge in [-0.25, -0.2) is 8.42 Å². The van der Waals surface area contributed by atoms with Crippen LogP contribution in [0.25, 0.3) is 11.5 Å². The van der Waals surface area contributed by atoms with E-state index in [2.05, 4.69) is 14.9 Å². The first-order chi connectivity index (χ1) is 11.4. The first-order valence-electron chi connectivity index (χ1n) is 6.95. The summed E-state index contributed by atoms with van der Waals surface area (Å²) in [6, 6.07) is 6.78. The van der Waals surface area contributed by atoms with Crippen molar-refractivity contribution in [3.63, 3.8) is 0 Å². The molecule has 3 aromatic rings. The number of hydrogen-bond donors (Lipinski definition) is 1. The molecule has 0 fully saturated rings. The summed E-state index contributed by atoms with van der Waals surface area (Å²) in [4.78, 5) is 0. The minimum Gasteiger partial charge on any atom is -0.495 e. The molecule has 24 heavy (non-hydrogen) atoms. The number of methoxy groups -OCH3 is 1. The Hall–Kier alpha value is -2.39. The summed E-state index contributed by atoms with van der Waals surface area (Å²) in [5, 5.41) is 9.29. The fourth-order valence-corrected chi connectivity index (χ4v) is 4.29. The van der Waals surface area contributed by atoms with E-state index in [1.165, 1.54) is 13.2 Å². The lowest BCUT2D eigenvalue weighted by atomic mass is 10.2. The summed E-state index contributed by atoms with van der Waals surface area (Å²) >= 11 is 1.08. The van der Waals surface area contributed by atoms with Gasteiger partial charge in [-0.15, -0.1) is 21.5 Å². The molecule has 2 aromatic heterocycles. The molecule has 0 atom stereocenters. The van der Waals surface area contributed by atoms with E-state index >= 15 is 0 Å². The van der Waals surface area contributed by atoms with Crippen molar-refractivity contribution in [1.82, 2.24) is 10.2 Å². The molecule has 1 aromatic carbocycles. The topological polar surface area (TPSA) is 94.3 Å². The second-order valence-electron chi connectivity index (χ2n) is 5.09. The van der Waals surface area contributed by atoms with Crippen molar-refractivity contribution < 1.29 is 17.6 Å². The third-order valence-electron chi connectivity index (χ3n) is 3.21. The number of ether oxygens (including phenoxy) is 1. The molecule has 0 aliphatic rings. The molecule has 2 heterocycles. The third-order valence-corrected chi connectivity index (χ3v) is 6.02. The summed E-state index contributed by atoms with van der Waals surface area (Å²) in [5.41, 5.74) is 1.87. The van der Waals surface area contributed by atoms with E-state index in [0.29, 0.717) is 28.8 Å². The first kappa shape index (κ1) is 16.5. The Labute approximate surface area is 143 Å². The molecule has 0 aliphatic heterocycles. The van der Waals surface area contributed by atoms with Gasteiger partial charge in [-0.1, -0.05) is 6.07 Å². The van der Waals surface area contributed by atoms with Gasteiger partial charge >= 0.3 is 0 Å². The van der Waals surface area contributed by atoms with Crippen LogP contribution in [0.15, 0.2) is 38.3 Å². The molecule has 9 heteroatoms. The molecule has 0 amide bonds. The SMILES string of the molecule is COc1ccc(C)cc1NS(=O)(=O)c1cc(-c2nnc(C)o2)cs1. The zero-order valence-electron chi connectivity index (χ0n) is 13.2. The first-order valence-corrected chi connectivity index (χ1v) is 9.32. The Morgan fingerprint density at radius 2 is 2.00 bits per heavy atom. The summed E-state index contributed by atoms with van der Waals surface area (Å²) in [6.45, 7) is 3.55. The Bertz CT molecular complexity index is 976. The van der Waals surface area contributed by atoms with E-state index in [-0.39, 0.29) is 4.21 Å². The normalized spacial score (nSPS) is 11.5. The Balaban J connectivity index is 1.92. The van der Waals surface area contributed by atoms with Gasteiger partial charge in [-0.05, 0) is 30.7 Å². The van der Waals surface area contributed by atoms with Gasteiger partial charge in [0.2, 0.25) is 11.8 Å². The van der Waals surface area contributed by atoms with E-state index in [1.807, 2.05) is 13.0 Å². The van der Waals surface area contributed by atoms with E-state index in [9.17, 15) is 8.42 Å². The van der Waals surface area contributed by atoms with Crippen LogP contribution in [0.1, 0.15) is 11.5 Å². The number of benzene rings is 1. The number of anilines is 1. The molecule has 126 valence electrons. The van der Waals surface area contributed by atoms with Gasteiger partial charge in [-0.3, -0.25) is 4.72 Å². The number of nitrogens with zero attached hydrogens (tertiary/aromatic N) is 2. The predicted octanol–water partition coefficient (Wildman–Crippen LogP) is 3.22. The number of nitrogens with one attached hydrogen (secondary N) is 1. The van der Waals surface area contributed by atoms with Crippen LogP contribution in [0.4, 0.5) is 5.69 Å². The molecule has 7 nitrogen and oxygen atoms in total. The van der Waals surface area contributed by atoms with Gasteiger partial charge < -0.3 is 9.15 Å². The third kappa shape index (κ3) is 3.26. The van der Waals surface area contributed by atoms with Gasteiger partial charge in [0.25, 0.3) is 10.0 Å². The smallest absolute Gasteiger partial charge is 0.271 e. The lowest BCUT2D eigenvalue weighted by molar-refractivity contribution is 0.417. The fraction of sp³-hybridized carbons (Fsp3) is 0.200. The second-order valence-corrected chi connectivity index (χ2v) is 7.91. The quantitative estimate of drug-likeness (QED) is 0.746. The molecular formula is C15H15N3O4S2. The maximum absolute atomic E-state index is 12.6. The summed E-state index contributed by atoms with van der Waals surface area (Å²) in [7, 11) is -2.25. The minimum absolute atomic E-state index is 0.150. The van der Waals surface area contributed by atoms with Crippen LogP contribution in [0.3, 0.4) is 0 Å². The van der Waals surface area contributed by atoms with Crippen LogP contribution in [0.2, 0.25) is 0 Å². The molecule has 0 aliphatic carbocycles. The van der Waals surface area contributed by atoms with Crippen molar-refractivity contribution in [2.45, 2.75) is 18.1 Å². The zero-order valence-corrected chi connectivity index (χ0v) is 14.9. The van der Waals surface area contributed by atoms with Crippen LogP contribution in [0, 0.1) is 13.8 Å². The van der Waals surface area contributed by atoms with Crippen molar-refractivity contribution in [1.29, 1.82) is 0 Å². The number of hydrogen-bond acceptors (Lipinski definition) is 7. The van der Waals surface area contributed by atoms with Crippen molar-refractivity contribution in [3.05, 3.63) is 41.1 Å². The highest BCUT2D eigenvalue weighted by Gasteiger charge is 2.20. The molecule has 1 N–H and O–H groups in total. The highest BCUT2D eigenvalue weighted by molar-refractivity contribution is 7.94. The van der Waals surface area contributed by atoms with Crippen molar-refractivity contribution in [3.8, 4) is 17.2 Å². The van der Waals surface area contributed by atoms with Crippen molar-refractivity contribution in [2.75, 3.05) is 11.8 Å². The van der Waals surface area contributed by atoms with Crippen LogP contribution in [0.5, 0.6) is 5.75 Å². The van der Waals surface area contributed by atoms with E-state index in [4.69, 9.17) is 9.15 Å². The molecule has 0 radical (unpaired) electrons. The average Bonchev–Trinajstić information content (AvgIpc) is 3.16. The van der Waals surface area contributed by atoms with E-state index in [0.717, 1.165) is 16.9 Å². The Morgan fingerprint density at radius 1 is 1.21 bits per heavy atom. The largest absolute Gasteiger partial charge is 0.495 e. The molecule has 0 saturated carbocycles.